The van der Waals surface area contributed by atoms with E-state index in [0.29, 0.717) is 6.54 Å². The highest BCUT2D eigenvalue weighted by Crippen LogP contribution is 2.29. The van der Waals surface area contributed by atoms with Crippen LogP contribution in [0.5, 0.6) is 11.5 Å². The van der Waals surface area contributed by atoms with Crippen molar-refractivity contribution in [2.45, 2.75) is 149 Å². The van der Waals surface area contributed by atoms with Crippen LogP contribution in [0.3, 0.4) is 0 Å². The van der Waals surface area contributed by atoms with Gasteiger partial charge in [-0.25, -0.2) is 0 Å². The zero-order valence-corrected chi connectivity index (χ0v) is 29.3. The maximum absolute atomic E-state index is 9.69. The van der Waals surface area contributed by atoms with Crippen molar-refractivity contribution in [1.82, 2.24) is 9.78 Å². The smallest absolute Gasteiger partial charge is 0.119 e. The Hall–Kier alpha value is -2.79. The minimum atomic E-state index is 0.0416. The number of aromatic nitrogens is 2. The molecule has 0 aliphatic carbocycles. The van der Waals surface area contributed by atoms with Gasteiger partial charge in [0.15, 0.2) is 0 Å². The summed E-state index contributed by atoms with van der Waals surface area (Å²) in [5.41, 5.74) is 3.99. The third kappa shape index (κ3) is 15.2. The molecule has 0 fully saturated rings. The Kier molecular flexibility index (Phi) is 20.0. The van der Waals surface area contributed by atoms with Gasteiger partial charge in [0.1, 0.15) is 11.5 Å². The second-order valence-corrected chi connectivity index (χ2v) is 13.0. The summed E-state index contributed by atoms with van der Waals surface area (Å²) in [4.78, 5) is 0. The largest absolute Gasteiger partial charge is 0.494 e. The molecule has 0 aliphatic heterocycles. The van der Waals surface area contributed by atoms with E-state index in [4.69, 9.17) is 14.6 Å². The van der Waals surface area contributed by atoms with E-state index < -0.39 is 0 Å². The van der Waals surface area contributed by atoms with Crippen LogP contribution in [-0.4, -0.2) is 34.7 Å². The lowest BCUT2D eigenvalue weighted by Crippen LogP contribution is -2.05. The topological polar surface area (TPSA) is 56.5 Å². The standard InChI is InChI=1S/C41H64N2O3/c1-3-5-7-9-11-13-15-17-19-21-33-45-38-27-23-36(24-28-38)40-35-41(43(42-40)31-32-44)37-25-29-39(30-26-37)46-34-22-20-18-16-14-12-10-8-6-4-2/h23-30,35,44H,3-22,31-34H2,1-2H3. The van der Waals surface area contributed by atoms with E-state index in [2.05, 4.69) is 44.2 Å². The summed E-state index contributed by atoms with van der Waals surface area (Å²) in [5.74, 6) is 1.81. The molecule has 0 saturated carbocycles. The summed E-state index contributed by atoms with van der Waals surface area (Å²) in [7, 11) is 0. The molecule has 0 aliphatic rings. The van der Waals surface area contributed by atoms with Crippen molar-refractivity contribution in [2.75, 3.05) is 19.8 Å². The van der Waals surface area contributed by atoms with Gasteiger partial charge in [-0.15, -0.1) is 0 Å². The van der Waals surface area contributed by atoms with Crippen LogP contribution in [0.4, 0.5) is 0 Å². The Labute approximate surface area is 281 Å². The zero-order chi connectivity index (χ0) is 32.5. The van der Waals surface area contributed by atoms with E-state index in [9.17, 15) is 5.11 Å². The van der Waals surface area contributed by atoms with Gasteiger partial charge in [0.05, 0.1) is 37.8 Å². The zero-order valence-electron chi connectivity index (χ0n) is 29.3. The lowest BCUT2D eigenvalue weighted by molar-refractivity contribution is 0.270. The van der Waals surface area contributed by atoms with E-state index in [0.717, 1.165) is 60.1 Å². The first kappa shape index (κ1) is 37.7. The van der Waals surface area contributed by atoms with Crippen molar-refractivity contribution in [3.8, 4) is 34.0 Å². The second kappa shape index (κ2) is 24.4. The number of rotatable bonds is 28. The summed E-state index contributed by atoms with van der Waals surface area (Å²) in [6, 6.07) is 18.6. The van der Waals surface area contributed by atoms with E-state index in [1.165, 1.54) is 116 Å². The molecular weight excluding hydrogens is 568 g/mol. The minimum absolute atomic E-state index is 0.0416. The Balaban J connectivity index is 1.38. The molecule has 3 aromatic rings. The predicted molar refractivity (Wildman–Crippen MR) is 195 cm³/mol. The predicted octanol–water partition coefficient (Wildman–Crippen LogP) is 11.8. The highest BCUT2D eigenvalue weighted by molar-refractivity contribution is 5.69. The lowest BCUT2D eigenvalue weighted by Gasteiger charge is -2.09. The molecule has 2 aromatic carbocycles. The number of ether oxygens (including phenoxy) is 2. The number of nitrogens with zero attached hydrogens (tertiary/aromatic N) is 2. The molecule has 0 saturated heterocycles. The molecule has 0 atom stereocenters. The van der Waals surface area contributed by atoms with Gasteiger partial charge < -0.3 is 14.6 Å². The Bertz CT molecular complexity index is 1140. The minimum Gasteiger partial charge on any atom is -0.494 e. The van der Waals surface area contributed by atoms with Gasteiger partial charge in [-0.3, -0.25) is 4.68 Å². The van der Waals surface area contributed by atoms with Crippen molar-refractivity contribution in [2.24, 2.45) is 0 Å². The fraction of sp³-hybridized carbons (Fsp3) is 0.634. The molecule has 5 heteroatoms. The summed E-state index contributed by atoms with van der Waals surface area (Å²) in [5, 5.41) is 14.5. The second-order valence-electron chi connectivity index (χ2n) is 13.0. The molecule has 256 valence electrons. The highest BCUT2D eigenvalue weighted by Gasteiger charge is 2.12. The van der Waals surface area contributed by atoms with Gasteiger partial charge in [0.2, 0.25) is 0 Å². The van der Waals surface area contributed by atoms with Crippen molar-refractivity contribution in [1.29, 1.82) is 0 Å². The first-order chi connectivity index (χ1) is 22.7. The molecule has 1 N–H and O–H groups in total. The number of hydrogen-bond acceptors (Lipinski definition) is 4. The maximum atomic E-state index is 9.69. The molecule has 0 bridgehead atoms. The molecule has 0 radical (unpaired) electrons. The average Bonchev–Trinajstić information content (AvgIpc) is 3.50. The highest BCUT2D eigenvalue weighted by atomic mass is 16.5. The van der Waals surface area contributed by atoms with Crippen LogP contribution in [0.1, 0.15) is 142 Å². The number of hydrogen-bond donors (Lipinski definition) is 1. The molecule has 3 rings (SSSR count). The molecule has 0 unspecified atom stereocenters. The van der Waals surface area contributed by atoms with Crippen molar-refractivity contribution >= 4 is 0 Å². The van der Waals surface area contributed by atoms with Crippen LogP contribution in [0.25, 0.3) is 22.5 Å². The van der Waals surface area contributed by atoms with Crippen LogP contribution in [-0.2, 0) is 6.54 Å². The number of benzene rings is 2. The molecule has 1 aromatic heterocycles. The number of aliphatic hydroxyl groups excluding tert-OH is 1. The molecule has 1 heterocycles. The third-order valence-electron chi connectivity index (χ3n) is 8.93. The van der Waals surface area contributed by atoms with Crippen LogP contribution in [0, 0.1) is 0 Å². The molecular formula is C41H64N2O3. The molecule has 0 amide bonds. The quantitative estimate of drug-likeness (QED) is 0.0809. The van der Waals surface area contributed by atoms with Gasteiger partial charge in [-0.1, -0.05) is 129 Å². The fourth-order valence-electron chi connectivity index (χ4n) is 6.06. The van der Waals surface area contributed by atoms with Crippen LogP contribution in [0.15, 0.2) is 54.6 Å². The van der Waals surface area contributed by atoms with Crippen LogP contribution < -0.4 is 9.47 Å². The molecule has 0 spiro atoms. The third-order valence-corrected chi connectivity index (χ3v) is 8.93. The first-order valence-electron chi connectivity index (χ1n) is 18.9. The van der Waals surface area contributed by atoms with Gasteiger partial charge >= 0.3 is 0 Å². The van der Waals surface area contributed by atoms with Gasteiger partial charge in [0.25, 0.3) is 0 Å². The van der Waals surface area contributed by atoms with Gasteiger partial charge in [-0.2, -0.15) is 5.10 Å². The number of aliphatic hydroxyl groups is 1. The van der Waals surface area contributed by atoms with Crippen molar-refractivity contribution < 1.29 is 14.6 Å². The van der Waals surface area contributed by atoms with E-state index >= 15 is 0 Å². The first-order valence-corrected chi connectivity index (χ1v) is 18.9. The maximum Gasteiger partial charge on any atom is 0.119 e. The number of unbranched alkanes of at least 4 members (excludes halogenated alkanes) is 18. The SMILES string of the molecule is CCCCCCCCCCCCOc1ccc(-c2cc(-c3ccc(OCCCCCCCCCCCC)cc3)n(CCO)n2)cc1. The van der Waals surface area contributed by atoms with Gasteiger partial charge in [0, 0.05) is 11.1 Å². The average molecular weight is 633 g/mol. The van der Waals surface area contributed by atoms with Crippen LogP contribution >= 0.6 is 0 Å². The van der Waals surface area contributed by atoms with Crippen molar-refractivity contribution in [3.05, 3.63) is 54.6 Å². The molecule has 5 nitrogen and oxygen atoms in total. The van der Waals surface area contributed by atoms with E-state index in [1.54, 1.807) is 0 Å². The summed E-state index contributed by atoms with van der Waals surface area (Å²) in [6.45, 7) is 6.58. The van der Waals surface area contributed by atoms with Crippen LogP contribution in [0.2, 0.25) is 0 Å². The van der Waals surface area contributed by atoms with Gasteiger partial charge in [-0.05, 0) is 67.4 Å². The molecule has 46 heavy (non-hydrogen) atoms. The summed E-state index contributed by atoms with van der Waals surface area (Å²) in [6.07, 6.45) is 26.6. The Morgan fingerprint density at radius 3 is 1.33 bits per heavy atom. The lowest BCUT2D eigenvalue weighted by atomic mass is 10.1. The monoisotopic (exact) mass is 632 g/mol. The Morgan fingerprint density at radius 2 is 0.913 bits per heavy atom. The summed E-state index contributed by atoms with van der Waals surface area (Å²) < 4.78 is 13.9. The van der Waals surface area contributed by atoms with Crippen molar-refractivity contribution in [3.63, 3.8) is 0 Å². The fourth-order valence-corrected chi connectivity index (χ4v) is 6.06. The normalized spacial score (nSPS) is 11.3. The Morgan fingerprint density at radius 1 is 0.522 bits per heavy atom. The van der Waals surface area contributed by atoms with E-state index in [1.807, 2.05) is 28.9 Å². The van der Waals surface area contributed by atoms with E-state index in [-0.39, 0.29) is 6.61 Å². The summed E-state index contributed by atoms with van der Waals surface area (Å²) >= 11 is 0.